The third kappa shape index (κ3) is 3.02. The molecule has 3 aliphatic carbocycles. The summed E-state index contributed by atoms with van der Waals surface area (Å²) in [6, 6.07) is 21.4. The highest BCUT2D eigenvalue weighted by Crippen LogP contribution is 2.58. The summed E-state index contributed by atoms with van der Waals surface area (Å²) in [6.45, 7) is 0. The van der Waals surface area contributed by atoms with E-state index in [1.54, 1.807) is 0 Å². The minimum absolute atomic E-state index is 0.262. The average Bonchev–Trinajstić information content (AvgIpc) is 3.60. The third-order valence-corrected chi connectivity index (χ3v) is 11.3. The summed E-state index contributed by atoms with van der Waals surface area (Å²) in [5.74, 6) is -0.687. The summed E-state index contributed by atoms with van der Waals surface area (Å²) >= 11 is 0. The number of fused-ring (bicyclic) bond motifs is 3. The Labute approximate surface area is 171 Å². The molecular weight excluding hydrogens is 375 g/mol. The van der Waals surface area contributed by atoms with E-state index in [-0.39, 0.29) is 6.42 Å². The first-order valence-electron chi connectivity index (χ1n) is 10.6. The first-order valence-corrected chi connectivity index (χ1v) is 12.6. The van der Waals surface area contributed by atoms with Crippen molar-refractivity contribution < 1.29 is 9.90 Å². The topological polar surface area (TPSA) is 37.3 Å². The van der Waals surface area contributed by atoms with Gasteiger partial charge in [-0.15, -0.1) is 0 Å². The summed E-state index contributed by atoms with van der Waals surface area (Å²) in [5, 5.41) is 13.6. The van der Waals surface area contributed by atoms with Crippen molar-refractivity contribution in [3.05, 3.63) is 88.0 Å². The second-order valence-corrected chi connectivity index (χ2v) is 12.4. The molecule has 0 saturated carbocycles. The van der Waals surface area contributed by atoms with Gasteiger partial charge < -0.3 is 5.11 Å². The van der Waals surface area contributed by atoms with Crippen LogP contribution in [0.4, 0.5) is 0 Å². The Balaban J connectivity index is 1.50. The lowest BCUT2D eigenvalue weighted by Crippen LogP contribution is -2.33. The van der Waals surface area contributed by atoms with Crippen LogP contribution in [0.2, 0.25) is 0 Å². The van der Waals surface area contributed by atoms with Crippen LogP contribution < -0.4 is 15.9 Å². The highest BCUT2D eigenvalue weighted by Gasteiger charge is 2.47. The van der Waals surface area contributed by atoms with Crippen molar-refractivity contribution in [2.24, 2.45) is 0 Å². The van der Waals surface area contributed by atoms with Gasteiger partial charge in [-0.05, 0) is 102 Å². The number of carboxylic acid groups (broad SMARTS) is 1. The Bertz CT molecular complexity index is 1050. The monoisotopic (exact) mass is 399 g/mol. The second-order valence-electron chi connectivity index (χ2n) is 8.77. The fraction of sp³-hybridized carbons (Fsp3) is 0.269. The molecular formula is C26H24O2P+. The summed E-state index contributed by atoms with van der Waals surface area (Å²) in [4.78, 5) is 11.1. The van der Waals surface area contributed by atoms with E-state index >= 15 is 0 Å². The molecule has 1 N–H and O–H groups in total. The lowest BCUT2D eigenvalue weighted by atomic mass is 10.2. The van der Waals surface area contributed by atoms with Gasteiger partial charge in [-0.25, -0.2) is 0 Å². The molecule has 0 spiro atoms. The first-order chi connectivity index (χ1) is 14.1. The average molecular weight is 399 g/mol. The third-order valence-electron chi connectivity index (χ3n) is 6.79. The van der Waals surface area contributed by atoms with E-state index in [9.17, 15) is 4.79 Å². The van der Waals surface area contributed by atoms with Crippen LogP contribution in [-0.2, 0) is 24.1 Å². The van der Waals surface area contributed by atoms with Crippen molar-refractivity contribution in [2.75, 3.05) is 6.16 Å². The second kappa shape index (κ2) is 6.28. The largest absolute Gasteiger partial charge is 0.481 e. The zero-order valence-electron chi connectivity index (χ0n) is 16.4. The van der Waals surface area contributed by atoms with E-state index in [1.165, 1.54) is 49.3 Å². The fourth-order valence-corrected chi connectivity index (χ4v) is 9.30. The molecule has 29 heavy (non-hydrogen) atoms. The molecule has 0 aromatic heterocycles. The molecule has 144 valence electrons. The Kier molecular flexibility index (Phi) is 3.77. The fourth-order valence-electron chi connectivity index (χ4n) is 4.82. The van der Waals surface area contributed by atoms with E-state index in [1.807, 2.05) is 0 Å². The van der Waals surface area contributed by atoms with Gasteiger partial charge in [0, 0.05) is 6.42 Å². The Morgan fingerprint density at radius 2 is 1.14 bits per heavy atom. The summed E-state index contributed by atoms with van der Waals surface area (Å²) in [6.07, 6.45) is 6.41. The number of aliphatic carboxylic acids is 1. The van der Waals surface area contributed by atoms with Gasteiger partial charge in [0.2, 0.25) is 0 Å². The zero-order valence-corrected chi connectivity index (χ0v) is 17.3. The quantitative estimate of drug-likeness (QED) is 0.311. The molecule has 3 aliphatic rings. The maximum absolute atomic E-state index is 11.1. The van der Waals surface area contributed by atoms with Crippen LogP contribution in [0.3, 0.4) is 0 Å². The van der Waals surface area contributed by atoms with Crippen molar-refractivity contribution >= 4 is 29.1 Å². The van der Waals surface area contributed by atoms with E-state index in [0.717, 1.165) is 38.3 Å². The highest BCUT2D eigenvalue weighted by atomic mass is 31.2. The van der Waals surface area contributed by atoms with Crippen molar-refractivity contribution in [3.63, 3.8) is 0 Å². The van der Waals surface area contributed by atoms with Gasteiger partial charge in [0.1, 0.15) is 23.2 Å². The number of benzene rings is 3. The lowest BCUT2D eigenvalue weighted by Gasteiger charge is -2.27. The molecule has 0 fully saturated rings. The molecule has 3 aromatic rings. The smallest absolute Gasteiger partial charge is 0.303 e. The highest BCUT2D eigenvalue weighted by molar-refractivity contribution is 7.95. The maximum atomic E-state index is 11.1. The summed E-state index contributed by atoms with van der Waals surface area (Å²) in [7, 11) is -1.79. The Morgan fingerprint density at radius 3 is 1.52 bits per heavy atom. The van der Waals surface area contributed by atoms with Gasteiger partial charge in [-0.1, -0.05) is 18.2 Å². The number of rotatable bonds is 8. The Morgan fingerprint density at radius 1 is 0.690 bits per heavy atom. The minimum Gasteiger partial charge on any atom is -0.481 e. The van der Waals surface area contributed by atoms with Crippen molar-refractivity contribution in [2.45, 2.75) is 38.5 Å². The van der Waals surface area contributed by atoms with Gasteiger partial charge in [0.25, 0.3) is 0 Å². The molecule has 0 amide bonds. The van der Waals surface area contributed by atoms with Crippen LogP contribution in [0.25, 0.3) is 0 Å². The number of hydrogen-bond acceptors (Lipinski definition) is 1. The van der Waals surface area contributed by atoms with Crippen molar-refractivity contribution in [3.8, 4) is 0 Å². The predicted octanol–water partition coefficient (Wildman–Crippen LogP) is 3.95. The van der Waals surface area contributed by atoms with Gasteiger partial charge in [0.15, 0.2) is 0 Å². The van der Waals surface area contributed by atoms with Crippen molar-refractivity contribution in [1.29, 1.82) is 0 Å². The molecule has 0 radical (unpaired) electrons. The molecule has 0 saturated heterocycles. The molecule has 0 atom stereocenters. The van der Waals surface area contributed by atoms with Gasteiger partial charge in [0.05, 0.1) is 6.16 Å². The number of carbonyl (C=O) groups is 1. The zero-order chi connectivity index (χ0) is 19.6. The lowest BCUT2D eigenvalue weighted by molar-refractivity contribution is -0.137. The van der Waals surface area contributed by atoms with Crippen LogP contribution in [-0.4, -0.2) is 17.2 Å². The minimum atomic E-state index is -1.79. The SMILES string of the molecule is O=C(O)CCCC[P+](c1ccc2c(c1)C2)(c1ccc2c(c1)C2)c1ccc2c(c1)C2. The Hall–Kier alpha value is -2.44. The molecule has 6 rings (SSSR count). The number of carboxylic acids is 1. The van der Waals surface area contributed by atoms with Crippen LogP contribution in [0, 0.1) is 0 Å². The molecule has 0 aliphatic heterocycles. The molecule has 0 bridgehead atoms. The number of hydrogen-bond donors (Lipinski definition) is 1. The van der Waals surface area contributed by atoms with Crippen LogP contribution in [0.5, 0.6) is 0 Å². The molecule has 3 heteroatoms. The van der Waals surface area contributed by atoms with E-state index in [0.29, 0.717) is 0 Å². The molecule has 2 nitrogen and oxygen atoms in total. The molecule has 0 heterocycles. The standard InChI is InChI=1S/C26H23O2P/c27-26(28)3-1-2-10-29(23-7-4-17-11-20(17)14-23,24-8-5-18-12-21(18)15-24)25-9-6-19-13-22(19)16-25/h4-9,14-16H,1-3,10-13H2/p+1. The maximum Gasteiger partial charge on any atom is 0.303 e. The summed E-state index contributed by atoms with van der Waals surface area (Å²) in [5.41, 5.74) is 8.94. The van der Waals surface area contributed by atoms with Crippen molar-refractivity contribution in [1.82, 2.24) is 0 Å². The number of unbranched alkanes of at least 4 members (excludes halogenated alkanes) is 1. The van der Waals surface area contributed by atoms with Gasteiger partial charge in [-0.2, -0.15) is 0 Å². The van der Waals surface area contributed by atoms with E-state index in [4.69, 9.17) is 5.11 Å². The molecule has 3 aromatic carbocycles. The normalized spacial score (nSPS) is 14.6. The van der Waals surface area contributed by atoms with Crippen LogP contribution in [0.1, 0.15) is 52.6 Å². The first kappa shape index (κ1) is 17.4. The predicted molar refractivity (Wildman–Crippen MR) is 120 cm³/mol. The van der Waals surface area contributed by atoms with Gasteiger partial charge in [-0.3, -0.25) is 4.79 Å². The summed E-state index contributed by atoms with van der Waals surface area (Å²) < 4.78 is 0. The van der Waals surface area contributed by atoms with E-state index < -0.39 is 13.2 Å². The molecule has 0 unspecified atom stereocenters. The van der Waals surface area contributed by atoms with Gasteiger partial charge >= 0.3 is 5.97 Å². The van der Waals surface area contributed by atoms with Crippen LogP contribution in [0.15, 0.2) is 54.6 Å². The van der Waals surface area contributed by atoms with Crippen LogP contribution >= 0.6 is 7.26 Å². The van der Waals surface area contributed by atoms with E-state index in [2.05, 4.69) is 54.6 Å².